The van der Waals surface area contributed by atoms with Crippen LogP contribution in [0.1, 0.15) is 24.8 Å². The molecule has 1 aromatic carbocycles. The zero-order valence-corrected chi connectivity index (χ0v) is 8.90. The van der Waals surface area contributed by atoms with Crippen molar-refractivity contribution in [2.45, 2.75) is 19.3 Å². The number of benzene rings is 1. The van der Waals surface area contributed by atoms with E-state index < -0.39 is 0 Å². The Hall–Kier alpha value is -0.860. The molecule has 0 aliphatic rings. The van der Waals surface area contributed by atoms with Crippen molar-refractivity contribution in [3.05, 3.63) is 35.9 Å². The predicted molar refractivity (Wildman–Crippen MR) is 57.3 cm³/mol. The van der Waals surface area contributed by atoms with E-state index in [-0.39, 0.29) is 0 Å². The van der Waals surface area contributed by atoms with E-state index in [4.69, 9.17) is 9.47 Å². The Morgan fingerprint density at radius 1 is 1.21 bits per heavy atom. The van der Waals surface area contributed by atoms with Crippen molar-refractivity contribution in [2.24, 2.45) is 0 Å². The van der Waals surface area contributed by atoms with Crippen LogP contribution in [-0.4, -0.2) is 20.5 Å². The fourth-order valence-electron chi connectivity index (χ4n) is 1.35. The molecule has 1 unspecified atom stereocenters. The highest BCUT2D eigenvalue weighted by molar-refractivity contribution is 5.18. The highest BCUT2D eigenvalue weighted by Gasteiger charge is 2.03. The fraction of sp³-hybridized carbons (Fsp3) is 0.500. The largest absolute Gasteiger partial charge is 0.359 e. The van der Waals surface area contributed by atoms with Crippen molar-refractivity contribution in [1.82, 2.24) is 0 Å². The maximum Gasteiger partial charge on any atom is 0.146 e. The Balaban J connectivity index is 2.25. The van der Waals surface area contributed by atoms with Crippen LogP contribution in [0.25, 0.3) is 0 Å². The molecule has 0 spiro atoms. The molecule has 0 amide bonds. The molecule has 0 saturated heterocycles. The second-order valence-corrected chi connectivity index (χ2v) is 3.42. The molecule has 0 aromatic heterocycles. The molecule has 78 valence electrons. The summed E-state index contributed by atoms with van der Waals surface area (Å²) in [7, 11) is 1.64. The van der Waals surface area contributed by atoms with Crippen LogP contribution in [0.15, 0.2) is 30.3 Å². The van der Waals surface area contributed by atoms with Crippen LogP contribution in [-0.2, 0) is 9.47 Å². The van der Waals surface area contributed by atoms with Gasteiger partial charge in [-0.15, -0.1) is 0 Å². The third-order valence-electron chi connectivity index (χ3n) is 2.26. The molecule has 14 heavy (non-hydrogen) atoms. The summed E-state index contributed by atoms with van der Waals surface area (Å²) in [5.41, 5.74) is 1.37. The van der Waals surface area contributed by atoms with Gasteiger partial charge in [0.15, 0.2) is 0 Å². The van der Waals surface area contributed by atoms with Crippen molar-refractivity contribution >= 4 is 0 Å². The standard InChI is InChI=1S/C12H18O2/c1-11(8-9-14-10-13-2)12-6-4-3-5-7-12/h3-7,11H,8-10H2,1-2H3. The lowest BCUT2D eigenvalue weighted by Gasteiger charge is -2.11. The van der Waals surface area contributed by atoms with E-state index in [1.807, 2.05) is 6.07 Å². The topological polar surface area (TPSA) is 18.5 Å². The molecule has 0 heterocycles. The third kappa shape index (κ3) is 3.90. The van der Waals surface area contributed by atoms with Gasteiger partial charge in [-0.1, -0.05) is 37.3 Å². The van der Waals surface area contributed by atoms with Gasteiger partial charge >= 0.3 is 0 Å². The summed E-state index contributed by atoms with van der Waals surface area (Å²) in [4.78, 5) is 0. The summed E-state index contributed by atoms with van der Waals surface area (Å²) < 4.78 is 10.1. The van der Waals surface area contributed by atoms with Crippen LogP contribution in [0.5, 0.6) is 0 Å². The first-order valence-corrected chi connectivity index (χ1v) is 4.96. The van der Waals surface area contributed by atoms with Crippen LogP contribution in [0.2, 0.25) is 0 Å². The van der Waals surface area contributed by atoms with Gasteiger partial charge in [-0.3, -0.25) is 0 Å². The second kappa shape index (κ2) is 6.57. The minimum Gasteiger partial charge on any atom is -0.359 e. The lowest BCUT2D eigenvalue weighted by atomic mass is 9.98. The van der Waals surface area contributed by atoms with Gasteiger partial charge in [-0.2, -0.15) is 0 Å². The van der Waals surface area contributed by atoms with Gasteiger partial charge in [0.25, 0.3) is 0 Å². The molecule has 0 fully saturated rings. The van der Waals surface area contributed by atoms with Crippen molar-refractivity contribution in [1.29, 1.82) is 0 Å². The maximum absolute atomic E-state index is 5.25. The van der Waals surface area contributed by atoms with E-state index in [1.165, 1.54) is 5.56 Å². The van der Waals surface area contributed by atoms with Crippen LogP contribution in [0, 0.1) is 0 Å². The van der Waals surface area contributed by atoms with Gasteiger partial charge in [0.2, 0.25) is 0 Å². The number of ether oxygens (including phenoxy) is 2. The zero-order valence-electron chi connectivity index (χ0n) is 8.90. The average molecular weight is 194 g/mol. The highest BCUT2D eigenvalue weighted by Crippen LogP contribution is 2.17. The fourth-order valence-corrected chi connectivity index (χ4v) is 1.35. The molecule has 0 N–H and O–H groups in total. The van der Waals surface area contributed by atoms with Gasteiger partial charge in [-0.25, -0.2) is 0 Å². The summed E-state index contributed by atoms with van der Waals surface area (Å²) in [5, 5.41) is 0. The minimum absolute atomic E-state index is 0.390. The zero-order chi connectivity index (χ0) is 10.2. The monoisotopic (exact) mass is 194 g/mol. The van der Waals surface area contributed by atoms with Crippen molar-refractivity contribution in [2.75, 3.05) is 20.5 Å². The van der Waals surface area contributed by atoms with Crippen molar-refractivity contribution in [3.8, 4) is 0 Å². The summed E-state index contributed by atoms with van der Waals surface area (Å²) >= 11 is 0. The Morgan fingerprint density at radius 2 is 1.93 bits per heavy atom. The molecule has 0 aliphatic heterocycles. The number of hydrogen-bond donors (Lipinski definition) is 0. The molecular weight excluding hydrogens is 176 g/mol. The van der Waals surface area contributed by atoms with E-state index in [9.17, 15) is 0 Å². The lowest BCUT2D eigenvalue weighted by Crippen LogP contribution is -2.02. The van der Waals surface area contributed by atoms with Crippen LogP contribution >= 0.6 is 0 Å². The molecule has 0 saturated carbocycles. The van der Waals surface area contributed by atoms with Gasteiger partial charge < -0.3 is 9.47 Å². The van der Waals surface area contributed by atoms with E-state index in [2.05, 4.69) is 31.2 Å². The van der Waals surface area contributed by atoms with E-state index in [0.29, 0.717) is 12.7 Å². The molecular formula is C12H18O2. The quantitative estimate of drug-likeness (QED) is 0.512. The second-order valence-electron chi connectivity index (χ2n) is 3.42. The SMILES string of the molecule is COCOCCC(C)c1ccccc1. The molecule has 2 nitrogen and oxygen atoms in total. The molecule has 1 atom stereocenters. The minimum atomic E-state index is 0.390. The molecule has 2 heteroatoms. The normalized spacial score (nSPS) is 12.7. The van der Waals surface area contributed by atoms with E-state index in [0.717, 1.165) is 13.0 Å². The molecule has 0 bridgehead atoms. The lowest BCUT2D eigenvalue weighted by molar-refractivity contribution is -0.0322. The van der Waals surface area contributed by atoms with Gasteiger partial charge in [-0.05, 0) is 17.9 Å². The van der Waals surface area contributed by atoms with Gasteiger partial charge in [0.1, 0.15) is 6.79 Å². The Kier molecular flexibility index (Phi) is 5.27. The predicted octanol–water partition coefficient (Wildman–Crippen LogP) is 2.80. The number of methoxy groups -OCH3 is 1. The van der Waals surface area contributed by atoms with E-state index >= 15 is 0 Å². The van der Waals surface area contributed by atoms with Crippen LogP contribution < -0.4 is 0 Å². The Labute approximate surface area is 85.8 Å². The smallest absolute Gasteiger partial charge is 0.146 e. The maximum atomic E-state index is 5.25. The molecule has 1 aromatic rings. The third-order valence-corrected chi connectivity index (χ3v) is 2.26. The Bertz CT molecular complexity index is 233. The Morgan fingerprint density at radius 3 is 2.57 bits per heavy atom. The van der Waals surface area contributed by atoms with Crippen LogP contribution in [0.3, 0.4) is 0 Å². The summed E-state index contributed by atoms with van der Waals surface area (Å²) in [6.45, 7) is 3.36. The van der Waals surface area contributed by atoms with Gasteiger partial charge in [0, 0.05) is 7.11 Å². The molecule has 0 aliphatic carbocycles. The van der Waals surface area contributed by atoms with Crippen LogP contribution in [0.4, 0.5) is 0 Å². The van der Waals surface area contributed by atoms with Crippen molar-refractivity contribution in [3.63, 3.8) is 0 Å². The first kappa shape index (κ1) is 11.2. The van der Waals surface area contributed by atoms with Gasteiger partial charge in [0.05, 0.1) is 6.61 Å². The summed E-state index contributed by atoms with van der Waals surface area (Å²) in [6, 6.07) is 10.5. The summed E-state index contributed by atoms with van der Waals surface area (Å²) in [6.07, 6.45) is 1.04. The highest BCUT2D eigenvalue weighted by atomic mass is 16.7. The average Bonchev–Trinajstić information content (AvgIpc) is 2.25. The first-order valence-electron chi connectivity index (χ1n) is 4.96. The molecule has 1 rings (SSSR count). The first-order chi connectivity index (χ1) is 6.84. The number of rotatable bonds is 6. The van der Waals surface area contributed by atoms with E-state index in [1.54, 1.807) is 7.11 Å². The summed E-state index contributed by atoms with van der Waals surface area (Å²) in [5.74, 6) is 0.549. The molecule has 0 radical (unpaired) electrons. The number of hydrogen-bond acceptors (Lipinski definition) is 2. The van der Waals surface area contributed by atoms with Crippen molar-refractivity contribution < 1.29 is 9.47 Å².